The van der Waals surface area contributed by atoms with Gasteiger partial charge in [-0.2, -0.15) is 0 Å². The number of hydrogen-bond acceptors (Lipinski definition) is 10. The number of ether oxygens (including phenoxy) is 5. The number of epoxide rings is 1. The van der Waals surface area contributed by atoms with Crippen LogP contribution in [0.1, 0.15) is 60.3 Å². The molecule has 0 aromatic carbocycles. The molecule has 36 heavy (non-hydrogen) atoms. The van der Waals surface area contributed by atoms with E-state index in [0.29, 0.717) is 37.9 Å². The van der Waals surface area contributed by atoms with Crippen molar-refractivity contribution in [1.29, 1.82) is 0 Å². The van der Waals surface area contributed by atoms with Crippen LogP contribution in [0.4, 0.5) is 0 Å². The molecule has 2 heterocycles. The van der Waals surface area contributed by atoms with Gasteiger partial charge in [0, 0.05) is 38.3 Å². The van der Waals surface area contributed by atoms with E-state index in [1.54, 1.807) is 0 Å². The van der Waals surface area contributed by atoms with Gasteiger partial charge in [-0.3, -0.25) is 14.4 Å². The Morgan fingerprint density at radius 1 is 1.19 bits per heavy atom. The summed E-state index contributed by atoms with van der Waals surface area (Å²) in [5, 5.41) is 11.6. The van der Waals surface area contributed by atoms with Crippen LogP contribution in [0.3, 0.4) is 0 Å². The number of aliphatic hydroxyl groups excluding tert-OH is 1. The molecule has 1 spiro atoms. The highest BCUT2D eigenvalue weighted by molar-refractivity contribution is 5.85. The SMILES string of the molecule is CC(=O)OC[C@@]12C([C@H](O)CC[C@]13CO3)[C@@](C)(C[C@H](OC(C)=O)C1=CC(=O)OC1)[C@H](C)C[C@@H]2OC(C)=O. The Hall–Kier alpha value is -2.46. The Bertz CT molecular complexity index is 968. The van der Waals surface area contributed by atoms with E-state index in [1.165, 1.54) is 26.8 Å². The van der Waals surface area contributed by atoms with E-state index in [4.69, 9.17) is 23.7 Å². The van der Waals surface area contributed by atoms with E-state index in [-0.39, 0.29) is 19.1 Å². The first-order chi connectivity index (χ1) is 16.8. The Morgan fingerprint density at radius 3 is 2.42 bits per heavy atom. The van der Waals surface area contributed by atoms with Crippen LogP contribution >= 0.6 is 0 Å². The highest BCUT2D eigenvalue weighted by atomic mass is 16.6. The first-order valence-electron chi connectivity index (χ1n) is 12.5. The number of fused-ring (bicyclic) bond motifs is 2. The lowest BCUT2D eigenvalue weighted by Gasteiger charge is -2.64. The Labute approximate surface area is 210 Å². The molecule has 2 aliphatic heterocycles. The number of esters is 4. The molecule has 0 aromatic rings. The molecule has 0 aromatic heterocycles. The van der Waals surface area contributed by atoms with Gasteiger partial charge in [-0.25, -0.2) is 4.79 Å². The molecule has 0 radical (unpaired) electrons. The summed E-state index contributed by atoms with van der Waals surface area (Å²) in [7, 11) is 0. The quantitative estimate of drug-likeness (QED) is 0.308. The molecular formula is C26H36O10. The molecular weight excluding hydrogens is 472 g/mol. The van der Waals surface area contributed by atoms with Crippen LogP contribution in [0.5, 0.6) is 0 Å². The van der Waals surface area contributed by atoms with Crippen LogP contribution in [-0.2, 0) is 42.9 Å². The summed E-state index contributed by atoms with van der Waals surface area (Å²) >= 11 is 0. The van der Waals surface area contributed by atoms with Crippen molar-refractivity contribution < 1.29 is 48.0 Å². The zero-order valence-corrected chi connectivity index (χ0v) is 21.5. The van der Waals surface area contributed by atoms with Gasteiger partial charge in [-0.05, 0) is 37.0 Å². The molecule has 3 fully saturated rings. The maximum atomic E-state index is 12.2. The van der Waals surface area contributed by atoms with Gasteiger partial charge in [-0.1, -0.05) is 13.8 Å². The van der Waals surface area contributed by atoms with E-state index >= 15 is 0 Å². The van der Waals surface area contributed by atoms with E-state index in [1.807, 2.05) is 13.8 Å². The standard InChI is InChI=1S/C26H36O10/c1-14-8-21(36-17(4)29)26(13-33-15(2)27)23(19(30)6-7-25(26)12-34-25)24(14,5)10-20(35-16(3)28)18-9-22(31)32-11-18/h9,14,19-21,23,30H,6-8,10-13H2,1-5H3/t14-,19-,20+,21+,23?,24+,25+,26-/m1/s1. The maximum absolute atomic E-state index is 12.2. The molecule has 1 saturated heterocycles. The second kappa shape index (κ2) is 9.45. The van der Waals surface area contributed by atoms with Crippen molar-refractivity contribution in [2.45, 2.75) is 84.2 Å². The minimum absolute atomic E-state index is 0.0240. The average Bonchev–Trinajstić information content (AvgIpc) is 3.43. The zero-order chi connectivity index (χ0) is 26.5. The van der Waals surface area contributed by atoms with Gasteiger partial charge in [0.1, 0.15) is 31.0 Å². The third-order valence-electron chi connectivity index (χ3n) is 8.96. The first-order valence-corrected chi connectivity index (χ1v) is 12.5. The Kier molecular flexibility index (Phi) is 6.98. The predicted molar refractivity (Wildman–Crippen MR) is 123 cm³/mol. The lowest BCUT2D eigenvalue weighted by atomic mass is 9.42. The van der Waals surface area contributed by atoms with Crippen molar-refractivity contribution in [2.24, 2.45) is 22.7 Å². The van der Waals surface area contributed by atoms with Gasteiger partial charge < -0.3 is 28.8 Å². The summed E-state index contributed by atoms with van der Waals surface area (Å²) in [6.45, 7) is 8.35. The first kappa shape index (κ1) is 26.6. The Morgan fingerprint density at radius 2 is 1.89 bits per heavy atom. The molecule has 200 valence electrons. The van der Waals surface area contributed by atoms with Crippen LogP contribution in [-0.4, -0.2) is 72.7 Å². The Balaban J connectivity index is 1.82. The van der Waals surface area contributed by atoms with Crippen molar-refractivity contribution in [1.82, 2.24) is 0 Å². The monoisotopic (exact) mass is 508 g/mol. The molecule has 1 unspecified atom stereocenters. The fourth-order valence-corrected chi connectivity index (χ4v) is 7.18. The summed E-state index contributed by atoms with van der Waals surface area (Å²) in [6.07, 6.45) is 0.871. The summed E-state index contributed by atoms with van der Waals surface area (Å²) in [4.78, 5) is 48.0. The van der Waals surface area contributed by atoms with Crippen molar-refractivity contribution in [3.63, 3.8) is 0 Å². The number of rotatable bonds is 7. The molecule has 10 heteroatoms. The minimum Gasteiger partial charge on any atom is -0.465 e. The van der Waals surface area contributed by atoms with E-state index in [2.05, 4.69) is 0 Å². The highest BCUT2D eigenvalue weighted by Gasteiger charge is 2.77. The van der Waals surface area contributed by atoms with Crippen molar-refractivity contribution >= 4 is 23.9 Å². The molecule has 4 rings (SSSR count). The van der Waals surface area contributed by atoms with Crippen molar-refractivity contribution in [3.8, 4) is 0 Å². The number of carbonyl (C=O) groups excluding carboxylic acids is 4. The van der Waals surface area contributed by atoms with Gasteiger partial charge in [-0.15, -0.1) is 0 Å². The van der Waals surface area contributed by atoms with Gasteiger partial charge in [0.05, 0.1) is 18.1 Å². The highest BCUT2D eigenvalue weighted by Crippen LogP contribution is 2.69. The molecule has 0 amide bonds. The minimum atomic E-state index is -1.000. The molecule has 4 aliphatic rings. The molecule has 0 bridgehead atoms. The van der Waals surface area contributed by atoms with Gasteiger partial charge in [0.2, 0.25) is 0 Å². The predicted octanol–water partition coefficient (Wildman–Crippen LogP) is 1.86. The zero-order valence-electron chi connectivity index (χ0n) is 21.5. The van der Waals surface area contributed by atoms with Crippen LogP contribution in [0.15, 0.2) is 11.6 Å². The van der Waals surface area contributed by atoms with E-state index < -0.39 is 64.5 Å². The van der Waals surface area contributed by atoms with Gasteiger partial charge in [0.25, 0.3) is 0 Å². The smallest absolute Gasteiger partial charge is 0.331 e. The second-order valence-corrected chi connectivity index (χ2v) is 11.1. The lowest BCUT2D eigenvalue weighted by molar-refractivity contribution is -0.255. The van der Waals surface area contributed by atoms with E-state index in [0.717, 1.165) is 0 Å². The van der Waals surface area contributed by atoms with Crippen molar-refractivity contribution in [3.05, 3.63) is 11.6 Å². The molecule has 8 atom stereocenters. The van der Waals surface area contributed by atoms with Crippen LogP contribution in [0, 0.1) is 22.7 Å². The summed E-state index contributed by atoms with van der Waals surface area (Å²) in [5.41, 5.74) is -1.84. The number of carbonyl (C=O) groups is 4. The largest absolute Gasteiger partial charge is 0.465 e. The van der Waals surface area contributed by atoms with Crippen LogP contribution in [0.25, 0.3) is 0 Å². The average molecular weight is 509 g/mol. The fraction of sp³-hybridized carbons (Fsp3) is 0.769. The third-order valence-corrected chi connectivity index (χ3v) is 8.96. The number of hydrogen-bond donors (Lipinski definition) is 1. The summed E-state index contributed by atoms with van der Waals surface area (Å²) in [5.74, 6) is -2.56. The molecule has 1 N–H and O–H groups in total. The fourth-order valence-electron chi connectivity index (χ4n) is 7.18. The molecule has 2 aliphatic carbocycles. The lowest BCUT2D eigenvalue weighted by Crippen LogP contribution is -2.70. The van der Waals surface area contributed by atoms with Gasteiger partial charge in [0.15, 0.2) is 0 Å². The molecule has 10 nitrogen and oxygen atoms in total. The van der Waals surface area contributed by atoms with Crippen LogP contribution < -0.4 is 0 Å². The van der Waals surface area contributed by atoms with Crippen LogP contribution in [0.2, 0.25) is 0 Å². The van der Waals surface area contributed by atoms with E-state index in [9.17, 15) is 24.3 Å². The third kappa shape index (κ3) is 4.42. The van der Waals surface area contributed by atoms with Gasteiger partial charge >= 0.3 is 23.9 Å². The molecule has 2 saturated carbocycles. The summed E-state index contributed by atoms with van der Waals surface area (Å²) in [6, 6.07) is 0. The maximum Gasteiger partial charge on any atom is 0.331 e. The summed E-state index contributed by atoms with van der Waals surface area (Å²) < 4.78 is 28.3. The topological polar surface area (TPSA) is 138 Å². The van der Waals surface area contributed by atoms with Crippen molar-refractivity contribution in [2.75, 3.05) is 19.8 Å². The number of aliphatic hydroxyl groups is 1. The number of cyclic esters (lactones) is 1. The second-order valence-electron chi connectivity index (χ2n) is 11.1. The normalized spacial score (nSPS) is 39.9.